The molecule has 5 heterocycles. The van der Waals surface area contributed by atoms with E-state index >= 15 is 4.79 Å². The Balaban J connectivity index is 1.04. The number of carbonyl (C=O) groups is 2. The van der Waals surface area contributed by atoms with Crippen LogP contribution in [0, 0.1) is 5.92 Å². The molecule has 0 aliphatic carbocycles. The third kappa shape index (κ3) is 7.28. The summed E-state index contributed by atoms with van der Waals surface area (Å²) >= 11 is 0. The highest BCUT2D eigenvalue weighted by Crippen LogP contribution is 2.60. The van der Waals surface area contributed by atoms with Crippen molar-refractivity contribution in [2.75, 3.05) is 18.6 Å². The van der Waals surface area contributed by atoms with Crippen LogP contribution in [-0.2, 0) is 39.4 Å². The van der Waals surface area contributed by atoms with Crippen LogP contribution in [0.15, 0.2) is 162 Å². The summed E-state index contributed by atoms with van der Waals surface area (Å²) in [4.78, 5) is 62.4. The van der Waals surface area contributed by atoms with Gasteiger partial charge in [0.15, 0.2) is 5.60 Å². The second-order valence-electron chi connectivity index (χ2n) is 19.4. The van der Waals surface area contributed by atoms with Gasteiger partial charge in [-0.1, -0.05) is 110 Å². The Morgan fingerprint density at radius 3 is 2.06 bits per heavy atom. The van der Waals surface area contributed by atoms with Gasteiger partial charge < -0.3 is 24.4 Å². The number of ether oxygens (including phenoxy) is 2. The van der Waals surface area contributed by atoms with E-state index in [9.17, 15) is 19.5 Å². The SMILES string of the molecule is COc1ccc([Si](C)(C)[C@H]2[C@H](CC(=O)N3Cc4ccccc4C[C@H]3CO)O[C@@]3(C(=O)N(Cc4cccc(-n5ncc6ccccc6c5=O)c4)c4ccc(-n5ncc6ccccc6c5=O)cc43)[C@@H]2C)cc1. The van der Waals surface area contributed by atoms with E-state index in [1.54, 1.807) is 47.5 Å². The molecule has 1 saturated heterocycles. The molecule has 11 rings (SSSR count). The first kappa shape index (κ1) is 45.0. The Morgan fingerprint density at radius 2 is 1.40 bits per heavy atom. The molecule has 6 aromatic carbocycles. The molecule has 0 radical (unpaired) electrons. The zero-order chi connectivity index (χ0) is 48.5. The summed E-state index contributed by atoms with van der Waals surface area (Å²) in [7, 11) is -1.08. The highest BCUT2D eigenvalue weighted by Gasteiger charge is 2.66. The van der Waals surface area contributed by atoms with Gasteiger partial charge in [-0.3, -0.25) is 19.2 Å². The van der Waals surface area contributed by atoms with Gasteiger partial charge in [0.2, 0.25) is 5.91 Å². The predicted octanol–water partition coefficient (Wildman–Crippen LogP) is 7.19. The Bertz CT molecular complexity index is 3500. The second-order valence-corrected chi connectivity index (χ2v) is 24.0. The summed E-state index contributed by atoms with van der Waals surface area (Å²) in [6.07, 6.45) is 3.11. The van der Waals surface area contributed by atoms with Gasteiger partial charge in [-0.25, -0.2) is 0 Å². The third-order valence-electron chi connectivity index (χ3n) is 15.2. The molecule has 13 nitrogen and oxygen atoms in total. The maximum absolute atomic E-state index is 16.0. The smallest absolute Gasteiger partial charge is 0.279 e. The number of benzene rings is 6. The van der Waals surface area contributed by atoms with E-state index in [-0.39, 0.29) is 48.0 Å². The summed E-state index contributed by atoms with van der Waals surface area (Å²) in [5.74, 6) is -0.218. The lowest BCUT2D eigenvalue weighted by Crippen LogP contribution is -2.52. The number of nitrogens with zero attached hydrogens (tertiary/aromatic N) is 6. The lowest BCUT2D eigenvalue weighted by molar-refractivity contribution is -0.151. The molecule has 2 amide bonds. The highest BCUT2D eigenvalue weighted by atomic mass is 28.3. The van der Waals surface area contributed by atoms with Crippen molar-refractivity contribution in [2.45, 2.75) is 69.2 Å². The van der Waals surface area contributed by atoms with E-state index < -0.39 is 31.7 Å². The average molecular weight is 949 g/mol. The Hall–Kier alpha value is -7.52. The Morgan fingerprint density at radius 1 is 0.771 bits per heavy atom. The lowest BCUT2D eigenvalue weighted by atomic mass is 9.82. The van der Waals surface area contributed by atoms with Crippen LogP contribution in [0.25, 0.3) is 32.9 Å². The minimum absolute atomic E-state index is 0.0223. The van der Waals surface area contributed by atoms with Crippen molar-refractivity contribution in [1.29, 1.82) is 0 Å². The van der Waals surface area contributed by atoms with Gasteiger partial charge in [0.1, 0.15) is 5.75 Å². The molecule has 3 aliphatic heterocycles. The van der Waals surface area contributed by atoms with Crippen LogP contribution >= 0.6 is 0 Å². The van der Waals surface area contributed by atoms with E-state index in [1.165, 1.54) is 9.36 Å². The quantitative estimate of drug-likeness (QED) is 0.141. The van der Waals surface area contributed by atoms with Crippen LogP contribution in [0.2, 0.25) is 18.6 Å². The van der Waals surface area contributed by atoms with Gasteiger partial charge in [-0.15, -0.1) is 0 Å². The maximum Gasteiger partial charge on any atom is 0.279 e. The fourth-order valence-corrected chi connectivity index (χ4v) is 15.7. The van der Waals surface area contributed by atoms with E-state index in [0.717, 1.165) is 33.0 Å². The summed E-state index contributed by atoms with van der Waals surface area (Å²) in [5, 5.41) is 23.4. The van der Waals surface area contributed by atoms with Crippen LogP contribution in [0.5, 0.6) is 5.75 Å². The van der Waals surface area contributed by atoms with Crippen molar-refractivity contribution < 1.29 is 24.2 Å². The molecule has 1 spiro atoms. The van der Waals surface area contributed by atoms with Gasteiger partial charge in [0.25, 0.3) is 17.0 Å². The van der Waals surface area contributed by atoms with Crippen molar-refractivity contribution in [3.05, 3.63) is 195 Å². The van der Waals surface area contributed by atoms with Gasteiger partial charge in [-0.05, 0) is 83.2 Å². The normalized spacial score (nSPS) is 20.8. The monoisotopic (exact) mass is 948 g/mol. The predicted molar refractivity (Wildman–Crippen MR) is 272 cm³/mol. The number of anilines is 1. The molecular formula is C56H52N6O7Si. The summed E-state index contributed by atoms with van der Waals surface area (Å²) < 4.78 is 15.8. The Kier molecular flexibility index (Phi) is 11.2. The van der Waals surface area contributed by atoms with E-state index in [4.69, 9.17) is 9.47 Å². The molecule has 0 saturated carbocycles. The van der Waals surface area contributed by atoms with Crippen molar-refractivity contribution in [2.24, 2.45) is 5.92 Å². The molecule has 0 bridgehead atoms. The first-order chi connectivity index (χ1) is 33.9. The summed E-state index contributed by atoms with van der Waals surface area (Å²) in [6, 6.07) is 43.2. The molecule has 14 heteroatoms. The number of hydrogen-bond acceptors (Lipinski definition) is 9. The van der Waals surface area contributed by atoms with Crippen LogP contribution in [0.3, 0.4) is 0 Å². The number of hydrogen-bond donors (Lipinski definition) is 1. The zero-order valence-corrected chi connectivity index (χ0v) is 40.4. The Labute approximate surface area is 405 Å². The third-order valence-corrected chi connectivity index (χ3v) is 19.6. The summed E-state index contributed by atoms with van der Waals surface area (Å²) in [5.41, 5.74) is 2.62. The lowest BCUT2D eigenvalue weighted by Gasteiger charge is -2.39. The fraction of sp³-hybridized carbons (Fsp3) is 0.250. The largest absolute Gasteiger partial charge is 0.497 e. The van der Waals surface area contributed by atoms with Crippen molar-refractivity contribution >= 4 is 52.3 Å². The first-order valence-electron chi connectivity index (χ1n) is 23.7. The van der Waals surface area contributed by atoms with E-state index in [1.807, 2.05) is 109 Å². The molecule has 352 valence electrons. The topological polar surface area (TPSA) is 149 Å². The summed E-state index contributed by atoms with van der Waals surface area (Å²) in [6.45, 7) is 6.88. The number of methoxy groups -OCH3 is 1. The van der Waals surface area contributed by atoms with Crippen LogP contribution in [0.1, 0.15) is 35.6 Å². The van der Waals surface area contributed by atoms with Crippen molar-refractivity contribution in [3.63, 3.8) is 0 Å². The van der Waals surface area contributed by atoms with Gasteiger partial charge >= 0.3 is 0 Å². The molecule has 0 unspecified atom stereocenters. The second kappa shape index (κ2) is 17.5. The average Bonchev–Trinajstić information content (AvgIpc) is 3.81. The van der Waals surface area contributed by atoms with Gasteiger partial charge in [-0.2, -0.15) is 19.6 Å². The fourth-order valence-electron chi connectivity index (χ4n) is 11.6. The van der Waals surface area contributed by atoms with Gasteiger partial charge in [0, 0.05) is 28.8 Å². The van der Waals surface area contributed by atoms with Crippen LogP contribution < -0.4 is 25.9 Å². The minimum atomic E-state index is -2.71. The molecule has 5 atom stereocenters. The number of fused-ring (bicyclic) bond motifs is 5. The zero-order valence-electron chi connectivity index (χ0n) is 39.4. The molecule has 8 aromatic rings. The highest BCUT2D eigenvalue weighted by molar-refractivity contribution is 6.91. The number of amides is 2. The van der Waals surface area contributed by atoms with Crippen LogP contribution in [0.4, 0.5) is 5.69 Å². The molecule has 1 N–H and O–H groups in total. The number of aromatic nitrogens is 4. The first-order valence-corrected chi connectivity index (χ1v) is 26.8. The number of rotatable bonds is 10. The number of carbonyl (C=O) groups excluding carboxylic acids is 2. The number of aliphatic hydroxyl groups excluding tert-OH is 1. The van der Waals surface area contributed by atoms with Gasteiger partial charge in [0.05, 0.1) is 87.1 Å². The van der Waals surface area contributed by atoms with Crippen molar-refractivity contribution in [1.82, 2.24) is 24.5 Å². The molecule has 2 aromatic heterocycles. The molecule has 70 heavy (non-hydrogen) atoms. The van der Waals surface area contributed by atoms with Crippen molar-refractivity contribution in [3.8, 4) is 17.1 Å². The van der Waals surface area contributed by atoms with E-state index in [0.29, 0.717) is 51.7 Å². The standard InChI is InChI=1S/C56H52N6O7Si/c1-35-52(70(3,4)45-23-21-44(68-2)22-24-45)50(29-51(64)59-33-40-16-6-5-13-37(40)27-43(59)34-63)69-56(35)48-28-42(62-54(66)47-19-10-8-15-39(47)31-58-62)20-25-49(48)60(55(56)67)32-36-12-11-17-41(26-36)61-53(65)46-18-9-7-14-38(46)30-57-61/h5-26,28,30-31,35,43,50,52,63H,27,29,32-34H2,1-4H3/t35-,43+,50+,52-,56+/m1/s1. The molecular weight excluding hydrogens is 897 g/mol. The van der Waals surface area contributed by atoms with E-state index in [2.05, 4.69) is 42.3 Å². The molecule has 1 fully saturated rings. The minimum Gasteiger partial charge on any atom is -0.497 e. The molecule has 3 aliphatic rings. The van der Waals surface area contributed by atoms with Crippen LogP contribution in [-0.4, -0.2) is 75.3 Å². The maximum atomic E-state index is 16.0. The number of aliphatic hydroxyl groups is 1.